The van der Waals surface area contributed by atoms with E-state index in [-0.39, 0.29) is 17.9 Å². The topological polar surface area (TPSA) is 114 Å². The molecule has 7 heteroatoms. The number of nitro groups is 1. The number of anilines is 1. The molecule has 2 rings (SSSR count). The van der Waals surface area contributed by atoms with Crippen molar-refractivity contribution in [2.75, 3.05) is 11.9 Å². The summed E-state index contributed by atoms with van der Waals surface area (Å²) < 4.78 is 0. The molecule has 0 unspecified atom stereocenters. The van der Waals surface area contributed by atoms with Gasteiger partial charge in [0.15, 0.2) is 0 Å². The van der Waals surface area contributed by atoms with Crippen LogP contribution in [0.5, 0.6) is 0 Å². The van der Waals surface area contributed by atoms with Gasteiger partial charge < -0.3 is 16.0 Å². The van der Waals surface area contributed by atoms with Gasteiger partial charge in [0.1, 0.15) is 5.69 Å². The van der Waals surface area contributed by atoms with Crippen LogP contribution in [0.2, 0.25) is 0 Å². The monoisotopic (exact) mass is 284 g/mol. The van der Waals surface area contributed by atoms with Crippen molar-refractivity contribution in [3.8, 4) is 11.8 Å². The van der Waals surface area contributed by atoms with Crippen LogP contribution in [0.1, 0.15) is 16.1 Å². The number of carbonyl (C=O) groups is 1. The number of nitrogens with zero attached hydrogens (tertiary/aromatic N) is 1. The Morgan fingerprint density at radius 2 is 2.24 bits per heavy atom. The first-order valence-electron chi connectivity index (χ1n) is 6.03. The van der Waals surface area contributed by atoms with Crippen molar-refractivity contribution in [3.63, 3.8) is 0 Å². The maximum Gasteiger partial charge on any atom is 0.287 e. The van der Waals surface area contributed by atoms with E-state index in [1.165, 1.54) is 6.07 Å². The fourth-order valence-electron chi connectivity index (χ4n) is 1.65. The third kappa shape index (κ3) is 3.68. The minimum absolute atomic E-state index is 0.111. The number of amides is 1. The molecule has 1 aromatic carbocycles. The second kappa shape index (κ2) is 6.36. The van der Waals surface area contributed by atoms with Crippen LogP contribution in [0.15, 0.2) is 36.5 Å². The average Bonchev–Trinajstić information content (AvgIpc) is 2.95. The minimum atomic E-state index is -0.573. The van der Waals surface area contributed by atoms with Gasteiger partial charge in [-0.3, -0.25) is 14.9 Å². The van der Waals surface area contributed by atoms with Gasteiger partial charge in [0.2, 0.25) is 0 Å². The predicted octanol–water partition coefficient (Wildman–Crippen LogP) is 1.49. The zero-order chi connectivity index (χ0) is 15.2. The summed E-state index contributed by atoms with van der Waals surface area (Å²) in [5.41, 5.74) is 6.50. The highest BCUT2D eigenvalue weighted by Gasteiger charge is 2.14. The second-order valence-electron chi connectivity index (χ2n) is 4.07. The van der Waals surface area contributed by atoms with E-state index in [1.54, 1.807) is 24.3 Å². The molecule has 0 atom stereocenters. The predicted molar refractivity (Wildman–Crippen MR) is 77.8 cm³/mol. The molecule has 1 heterocycles. The molecule has 0 bridgehead atoms. The molecule has 0 spiro atoms. The molecule has 0 aliphatic rings. The summed E-state index contributed by atoms with van der Waals surface area (Å²) in [5.74, 6) is 5.10. The highest BCUT2D eigenvalue weighted by atomic mass is 16.6. The van der Waals surface area contributed by atoms with Gasteiger partial charge >= 0.3 is 0 Å². The Morgan fingerprint density at radius 3 is 2.90 bits per heavy atom. The Hall–Kier alpha value is -3.11. The van der Waals surface area contributed by atoms with Crippen LogP contribution >= 0.6 is 0 Å². The Bertz CT molecular complexity index is 740. The van der Waals surface area contributed by atoms with E-state index in [0.29, 0.717) is 5.69 Å². The molecule has 0 aliphatic heterocycles. The van der Waals surface area contributed by atoms with E-state index in [9.17, 15) is 14.9 Å². The molecule has 7 nitrogen and oxygen atoms in total. The molecule has 1 aromatic heterocycles. The van der Waals surface area contributed by atoms with Crippen LogP contribution < -0.4 is 11.1 Å². The van der Waals surface area contributed by atoms with Crippen molar-refractivity contribution >= 4 is 17.3 Å². The summed E-state index contributed by atoms with van der Waals surface area (Å²) in [7, 11) is 0. The van der Waals surface area contributed by atoms with Crippen molar-refractivity contribution in [2.24, 2.45) is 5.73 Å². The molecule has 106 valence electrons. The van der Waals surface area contributed by atoms with Crippen molar-refractivity contribution < 1.29 is 9.72 Å². The van der Waals surface area contributed by atoms with Crippen LogP contribution in [-0.2, 0) is 0 Å². The Morgan fingerprint density at radius 1 is 1.43 bits per heavy atom. The van der Waals surface area contributed by atoms with E-state index in [4.69, 9.17) is 5.73 Å². The number of hydrogen-bond acceptors (Lipinski definition) is 4. The van der Waals surface area contributed by atoms with E-state index in [1.807, 2.05) is 0 Å². The molecule has 0 fully saturated rings. The van der Waals surface area contributed by atoms with Gasteiger partial charge in [-0.15, -0.1) is 0 Å². The van der Waals surface area contributed by atoms with E-state index in [2.05, 4.69) is 22.1 Å². The highest BCUT2D eigenvalue weighted by Crippen LogP contribution is 2.15. The molecular formula is C14H12N4O3. The zero-order valence-electron chi connectivity index (χ0n) is 10.9. The SMILES string of the molecule is NCC#Cc1cccc(NC(=O)c2cc([N+](=O)[O-])c[nH]2)c1. The summed E-state index contributed by atoms with van der Waals surface area (Å²) in [6.07, 6.45) is 1.16. The Kier molecular flexibility index (Phi) is 4.33. The first-order chi connectivity index (χ1) is 10.1. The van der Waals surface area contributed by atoms with Gasteiger partial charge in [-0.2, -0.15) is 0 Å². The lowest BCUT2D eigenvalue weighted by atomic mass is 10.2. The minimum Gasteiger partial charge on any atom is -0.351 e. The Balaban J connectivity index is 2.13. The van der Waals surface area contributed by atoms with Gasteiger partial charge in [0.25, 0.3) is 11.6 Å². The fraction of sp³-hybridized carbons (Fsp3) is 0.0714. The zero-order valence-corrected chi connectivity index (χ0v) is 10.9. The quantitative estimate of drug-likeness (QED) is 0.450. The van der Waals surface area contributed by atoms with Crippen molar-refractivity contribution in [2.45, 2.75) is 0 Å². The largest absolute Gasteiger partial charge is 0.351 e. The summed E-state index contributed by atoms with van der Waals surface area (Å²) in [5, 5.41) is 13.2. The maximum atomic E-state index is 12.0. The molecule has 0 radical (unpaired) electrons. The summed E-state index contributed by atoms with van der Waals surface area (Å²) >= 11 is 0. The van der Waals surface area contributed by atoms with E-state index >= 15 is 0 Å². The van der Waals surface area contributed by atoms with Crippen LogP contribution in [0.4, 0.5) is 11.4 Å². The first kappa shape index (κ1) is 14.3. The Labute approximate surface area is 120 Å². The van der Waals surface area contributed by atoms with Crippen LogP contribution in [0, 0.1) is 22.0 Å². The molecular weight excluding hydrogens is 272 g/mol. The average molecular weight is 284 g/mol. The number of hydrogen-bond donors (Lipinski definition) is 3. The molecule has 21 heavy (non-hydrogen) atoms. The van der Waals surface area contributed by atoms with Gasteiger partial charge in [-0.25, -0.2) is 0 Å². The van der Waals surface area contributed by atoms with E-state index < -0.39 is 10.8 Å². The number of benzene rings is 1. The number of nitrogens with one attached hydrogen (secondary N) is 2. The van der Waals surface area contributed by atoms with Gasteiger partial charge in [-0.05, 0) is 18.2 Å². The summed E-state index contributed by atoms with van der Waals surface area (Å²) in [6.45, 7) is 0.253. The van der Waals surface area contributed by atoms with Gasteiger partial charge in [0, 0.05) is 17.3 Å². The van der Waals surface area contributed by atoms with Crippen molar-refractivity contribution in [3.05, 3.63) is 57.9 Å². The third-order valence-electron chi connectivity index (χ3n) is 2.58. The lowest BCUT2D eigenvalue weighted by Gasteiger charge is -2.03. The molecule has 4 N–H and O–H groups in total. The number of rotatable bonds is 3. The smallest absolute Gasteiger partial charge is 0.287 e. The highest BCUT2D eigenvalue weighted by molar-refractivity contribution is 6.03. The van der Waals surface area contributed by atoms with Gasteiger partial charge in [0.05, 0.1) is 17.7 Å². The maximum absolute atomic E-state index is 12.0. The van der Waals surface area contributed by atoms with Gasteiger partial charge in [-0.1, -0.05) is 17.9 Å². The molecule has 0 saturated heterocycles. The summed E-state index contributed by atoms with van der Waals surface area (Å²) in [4.78, 5) is 24.5. The standard InChI is InChI=1S/C14H12N4O3/c15-6-2-4-10-3-1-5-11(7-10)17-14(19)13-8-12(9-16-13)18(20)21/h1,3,5,7-9,16H,6,15H2,(H,17,19). The molecule has 2 aromatic rings. The molecule has 0 saturated carbocycles. The van der Waals surface area contributed by atoms with Crippen molar-refractivity contribution in [1.82, 2.24) is 4.98 Å². The third-order valence-corrected chi connectivity index (χ3v) is 2.58. The number of aromatic nitrogens is 1. The lowest BCUT2D eigenvalue weighted by Crippen LogP contribution is -2.12. The second-order valence-corrected chi connectivity index (χ2v) is 4.07. The molecule has 0 aliphatic carbocycles. The summed E-state index contributed by atoms with van der Waals surface area (Å²) in [6, 6.07) is 8.10. The first-order valence-corrected chi connectivity index (χ1v) is 6.03. The van der Waals surface area contributed by atoms with Crippen molar-refractivity contribution in [1.29, 1.82) is 0 Å². The van der Waals surface area contributed by atoms with Crippen LogP contribution in [0.25, 0.3) is 0 Å². The normalized spacial score (nSPS) is 9.57. The lowest BCUT2D eigenvalue weighted by molar-refractivity contribution is -0.384. The number of H-pyrrole nitrogens is 1. The van der Waals surface area contributed by atoms with Crippen LogP contribution in [-0.4, -0.2) is 22.4 Å². The fourth-order valence-corrected chi connectivity index (χ4v) is 1.65. The number of aromatic amines is 1. The van der Waals surface area contributed by atoms with E-state index in [0.717, 1.165) is 11.8 Å². The number of carbonyl (C=O) groups excluding carboxylic acids is 1. The molecule has 1 amide bonds. The number of nitrogens with two attached hydrogens (primary N) is 1. The van der Waals surface area contributed by atoms with Crippen LogP contribution in [0.3, 0.4) is 0 Å².